The molecule has 0 aliphatic carbocycles. The van der Waals surface area contributed by atoms with E-state index in [-0.39, 0.29) is 24.0 Å². The van der Waals surface area contributed by atoms with Crippen LogP contribution in [0.4, 0.5) is 4.79 Å². The minimum absolute atomic E-state index is 0.0439. The number of aromatic nitrogens is 3. The summed E-state index contributed by atoms with van der Waals surface area (Å²) in [4.78, 5) is 35.9. The lowest BCUT2D eigenvalue weighted by Gasteiger charge is -2.50. The Labute approximate surface area is 323 Å². The van der Waals surface area contributed by atoms with Gasteiger partial charge in [0.05, 0.1) is 23.7 Å². The predicted molar refractivity (Wildman–Crippen MR) is 209 cm³/mol. The summed E-state index contributed by atoms with van der Waals surface area (Å²) in [6.07, 6.45) is 0.973. The summed E-state index contributed by atoms with van der Waals surface area (Å²) in [5.74, 6) is 1.61. The van der Waals surface area contributed by atoms with Gasteiger partial charge in [-0.3, -0.25) is 9.69 Å². The molecule has 5 heterocycles. The maximum Gasteiger partial charge on any atom is 0.408 e. The van der Waals surface area contributed by atoms with Crippen LogP contribution in [0.2, 0.25) is 0 Å². The molecule has 56 heavy (non-hydrogen) atoms. The number of phenols is 1. The Hall–Kier alpha value is -6.02. The maximum absolute atomic E-state index is 13.0. The summed E-state index contributed by atoms with van der Waals surface area (Å²) >= 11 is 0. The second-order valence-electron chi connectivity index (χ2n) is 14.5. The monoisotopic (exact) mass is 756 g/mol. The number of benzene rings is 4. The van der Waals surface area contributed by atoms with Crippen molar-refractivity contribution in [3.8, 4) is 22.9 Å². The van der Waals surface area contributed by atoms with Gasteiger partial charge in [-0.1, -0.05) is 78.0 Å². The Morgan fingerprint density at radius 3 is 2.52 bits per heavy atom. The van der Waals surface area contributed by atoms with Crippen LogP contribution < -0.4 is 15.6 Å². The quantitative estimate of drug-likeness (QED) is 0.0838. The lowest BCUT2D eigenvalue weighted by atomic mass is 9.81. The average Bonchev–Trinajstić information content (AvgIpc) is 3.71. The number of aliphatic hydroxyl groups excluding tert-OH is 1. The van der Waals surface area contributed by atoms with Crippen molar-refractivity contribution in [2.45, 2.75) is 44.1 Å². The van der Waals surface area contributed by atoms with Crippen LogP contribution in [0.15, 0.2) is 112 Å². The van der Waals surface area contributed by atoms with Crippen molar-refractivity contribution in [2.75, 3.05) is 32.7 Å². The Bertz CT molecular complexity index is 2340. The van der Waals surface area contributed by atoms with Gasteiger partial charge in [-0.25, -0.2) is 4.79 Å². The molecule has 2 bridgehead atoms. The SMILES string of the molecule is O=C(O)N(C(c1ccccc1)c1cccc(OCc2nc(-c3ccc(CCNC[C@H](O)c4ccc(O)c5[nH]c(=O)ccc45)cc3)no2)c1)[C@H]1CN2CCC1CC2. The first kappa shape index (κ1) is 36.9. The molecule has 2 aromatic heterocycles. The third-order valence-corrected chi connectivity index (χ3v) is 11.0. The van der Waals surface area contributed by atoms with Gasteiger partial charge in [-0.2, -0.15) is 4.98 Å². The number of carboxylic acid groups (broad SMARTS) is 1. The number of hydrogen-bond donors (Lipinski definition) is 5. The molecular weight excluding hydrogens is 713 g/mol. The van der Waals surface area contributed by atoms with Crippen molar-refractivity contribution >= 4 is 17.0 Å². The highest BCUT2D eigenvalue weighted by Gasteiger charge is 2.43. The minimum atomic E-state index is -0.927. The number of fused-ring (bicyclic) bond motifs is 4. The van der Waals surface area contributed by atoms with E-state index in [1.54, 1.807) is 17.0 Å². The molecule has 6 aromatic rings. The summed E-state index contributed by atoms with van der Waals surface area (Å²) in [6, 6.07) is 30.7. The van der Waals surface area contributed by atoms with Crippen molar-refractivity contribution in [3.05, 3.63) is 142 Å². The molecule has 0 spiro atoms. The Morgan fingerprint density at radius 2 is 1.77 bits per heavy atom. The first-order valence-corrected chi connectivity index (χ1v) is 19.0. The first-order valence-electron chi connectivity index (χ1n) is 19.0. The van der Waals surface area contributed by atoms with Crippen LogP contribution in [-0.4, -0.2) is 85.1 Å². The molecule has 3 atom stereocenters. The Kier molecular flexibility index (Phi) is 10.8. The van der Waals surface area contributed by atoms with Gasteiger partial charge in [-0.15, -0.1) is 0 Å². The Morgan fingerprint density at radius 1 is 0.982 bits per heavy atom. The summed E-state index contributed by atoms with van der Waals surface area (Å²) in [6.45, 7) is 3.75. The number of nitrogens with zero attached hydrogens (tertiary/aromatic N) is 4. The summed E-state index contributed by atoms with van der Waals surface area (Å²) < 4.78 is 11.7. The number of ether oxygens (including phenoxy) is 1. The lowest BCUT2D eigenvalue weighted by molar-refractivity contribution is -0.000814. The third-order valence-electron chi connectivity index (χ3n) is 11.0. The van der Waals surface area contributed by atoms with Gasteiger partial charge < -0.3 is 39.8 Å². The summed E-state index contributed by atoms with van der Waals surface area (Å²) in [7, 11) is 0. The van der Waals surface area contributed by atoms with Crippen molar-refractivity contribution in [3.63, 3.8) is 0 Å². The number of aromatic hydroxyl groups is 1. The fourth-order valence-electron chi connectivity index (χ4n) is 8.14. The van der Waals surface area contributed by atoms with Crippen molar-refractivity contribution in [1.82, 2.24) is 30.2 Å². The number of phenolic OH excluding ortho intramolecular Hbond substituents is 1. The molecule has 0 saturated carbocycles. The van der Waals surface area contributed by atoms with E-state index in [1.807, 2.05) is 78.9 Å². The number of rotatable bonds is 14. The number of nitrogens with one attached hydrogen (secondary N) is 2. The van der Waals surface area contributed by atoms with Gasteiger partial charge in [-0.05, 0) is 91.3 Å². The molecule has 3 saturated heterocycles. The van der Waals surface area contributed by atoms with Crippen LogP contribution in [0.3, 0.4) is 0 Å². The zero-order valence-corrected chi connectivity index (χ0v) is 30.8. The fourth-order valence-corrected chi connectivity index (χ4v) is 8.14. The van der Waals surface area contributed by atoms with E-state index in [4.69, 9.17) is 9.26 Å². The number of hydrogen-bond acceptors (Lipinski definition) is 10. The van der Waals surface area contributed by atoms with Gasteiger partial charge in [0.1, 0.15) is 11.5 Å². The summed E-state index contributed by atoms with van der Waals surface area (Å²) in [5, 5.41) is 39.6. The smallest absolute Gasteiger partial charge is 0.408 e. The molecule has 1 unspecified atom stereocenters. The van der Waals surface area contributed by atoms with Gasteiger partial charge in [0.25, 0.3) is 5.89 Å². The topological polar surface area (TPSA) is 177 Å². The molecule has 4 aromatic carbocycles. The third kappa shape index (κ3) is 8.01. The number of H-pyrrole nitrogens is 1. The minimum Gasteiger partial charge on any atom is -0.506 e. The van der Waals surface area contributed by atoms with Crippen molar-refractivity contribution in [2.24, 2.45) is 5.92 Å². The van der Waals surface area contributed by atoms with E-state index in [0.717, 1.165) is 61.2 Å². The van der Waals surface area contributed by atoms with E-state index in [0.29, 0.717) is 52.9 Å². The number of aliphatic hydroxyl groups is 1. The molecular formula is C43H44N6O7. The van der Waals surface area contributed by atoms with Crippen LogP contribution in [0.1, 0.15) is 53.1 Å². The normalized spacial score (nSPS) is 18.8. The number of carbonyl (C=O) groups is 1. The average molecular weight is 757 g/mol. The highest BCUT2D eigenvalue weighted by atomic mass is 16.5. The molecule has 3 aliphatic heterocycles. The summed E-state index contributed by atoms with van der Waals surface area (Å²) in [5.41, 5.74) is 4.20. The second-order valence-corrected chi connectivity index (χ2v) is 14.5. The van der Waals surface area contributed by atoms with E-state index in [9.17, 15) is 24.9 Å². The van der Waals surface area contributed by atoms with Gasteiger partial charge in [0, 0.05) is 30.1 Å². The van der Waals surface area contributed by atoms with Crippen molar-refractivity contribution < 1.29 is 29.4 Å². The number of amides is 1. The lowest BCUT2D eigenvalue weighted by Crippen LogP contribution is -2.59. The number of pyridine rings is 1. The molecule has 13 heteroatoms. The van der Waals surface area contributed by atoms with Crippen LogP contribution >= 0.6 is 0 Å². The first-order chi connectivity index (χ1) is 27.3. The molecule has 288 valence electrons. The zero-order valence-electron chi connectivity index (χ0n) is 30.8. The van der Waals surface area contributed by atoms with Crippen LogP contribution in [0, 0.1) is 5.92 Å². The number of piperidine rings is 3. The van der Waals surface area contributed by atoms with Gasteiger partial charge >= 0.3 is 6.09 Å². The van der Waals surface area contributed by atoms with E-state index in [2.05, 4.69) is 25.3 Å². The fraction of sp³-hybridized carbons (Fsp3) is 0.302. The predicted octanol–water partition coefficient (Wildman–Crippen LogP) is 5.89. The molecule has 9 rings (SSSR count). The largest absolute Gasteiger partial charge is 0.506 e. The van der Waals surface area contributed by atoms with E-state index in [1.165, 1.54) is 12.1 Å². The molecule has 1 amide bonds. The standard InChI is InChI=1S/C43H44N6O7/c50-36-15-13-33(34-14-16-38(52)45-40(34)36)37(51)24-44-20-17-27-9-11-30(12-10-27)42-46-39(56-47-42)26-55-32-8-4-7-31(23-32)41(29-5-2-1-3-6-29)49(43(53)54)35-25-48-21-18-28(35)19-22-48/h1-16,23,28,35,37,41,44,50-51H,17-22,24-26H2,(H,45,52)(H,53,54)/t35-,37-,41?/m0/s1. The van der Waals surface area contributed by atoms with Crippen LogP contribution in [0.25, 0.3) is 22.3 Å². The van der Waals surface area contributed by atoms with E-state index >= 15 is 0 Å². The molecule has 3 fully saturated rings. The molecule has 13 nitrogen and oxygen atoms in total. The molecule has 0 radical (unpaired) electrons. The van der Waals surface area contributed by atoms with Crippen LogP contribution in [-0.2, 0) is 13.0 Å². The van der Waals surface area contributed by atoms with Gasteiger partial charge in [0.15, 0.2) is 6.61 Å². The Balaban J connectivity index is 0.877. The second kappa shape index (κ2) is 16.4. The molecule has 5 N–H and O–H groups in total. The maximum atomic E-state index is 13.0. The van der Waals surface area contributed by atoms with Gasteiger partial charge in [0.2, 0.25) is 11.4 Å². The highest BCUT2D eigenvalue weighted by molar-refractivity contribution is 5.87. The number of aromatic amines is 1. The highest BCUT2D eigenvalue weighted by Crippen LogP contribution is 2.39. The zero-order chi connectivity index (χ0) is 38.6. The van der Waals surface area contributed by atoms with E-state index < -0.39 is 18.2 Å². The van der Waals surface area contributed by atoms with Crippen molar-refractivity contribution in [1.29, 1.82) is 0 Å². The van der Waals surface area contributed by atoms with Crippen LogP contribution in [0.5, 0.6) is 11.5 Å². The molecule has 3 aliphatic rings.